The van der Waals surface area contributed by atoms with Crippen molar-refractivity contribution < 1.29 is 4.79 Å². The summed E-state index contributed by atoms with van der Waals surface area (Å²) in [5.41, 5.74) is 10.1. The van der Waals surface area contributed by atoms with E-state index in [9.17, 15) is 4.79 Å². The highest BCUT2D eigenvalue weighted by molar-refractivity contribution is 5.79. The molecule has 0 aliphatic carbocycles. The van der Waals surface area contributed by atoms with Gasteiger partial charge in [-0.05, 0) is 35.2 Å². The molecule has 102 valence electrons. The number of anilines is 1. The lowest BCUT2D eigenvalue weighted by atomic mass is 9.98. The van der Waals surface area contributed by atoms with Crippen LogP contribution in [-0.2, 0) is 24.2 Å². The van der Waals surface area contributed by atoms with Crippen LogP contribution < -0.4 is 5.73 Å². The maximum absolute atomic E-state index is 12.4. The number of nitrogens with zero attached hydrogens (tertiary/aromatic N) is 1. The molecule has 0 atom stereocenters. The Morgan fingerprint density at radius 3 is 2.70 bits per heavy atom. The number of hydrogen-bond donors (Lipinski definition) is 1. The molecule has 3 rings (SSSR count). The van der Waals surface area contributed by atoms with Gasteiger partial charge in [0.25, 0.3) is 0 Å². The maximum atomic E-state index is 12.4. The van der Waals surface area contributed by atoms with E-state index in [0.717, 1.165) is 24.2 Å². The Kier molecular flexibility index (Phi) is 3.42. The van der Waals surface area contributed by atoms with Crippen molar-refractivity contribution in [2.45, 2.75) is 19.4 Å². The number of fused-ring (bicyclic) bond motifs is 1. The zero-order chi connectivity index (χ0) is 13.9. The summed E-state index contributed by atoms with van der Waals surface area (Å²) in [5, 5.41) is 0. The second kappa shape index (κ2) is 5.37. The summed E-state index contributed by atoms with van der Waals surface area (Å²) in [6.07, 6.45) is 1.38. The number of rotatable bonds is 2. The van der Waals surface area contributed by atoms with Gasteiger partial charge in [-0.1, -0.05) is 36.4 Å². The van der Waals surface area contributed by atoms with Crippen molar-refractivity contribution in [2.24, 2.45) is 0 Å². The number of carbonyl (C=O) groups is 1. The van der Waals surface area contributed by atoms with Crippen LogP contribution in [0.15, 0.2) is 48.5 Å². The molecular weight excluding hydrogens is 248 g/mol. The molecule has 2 aromatic rings. The van der Waals surface area contributed by atoms with Crippen LogP contribution in [0.5, 0.6) is 0 Å². The molecule has 0 saturated heterocycles. The monoisotopic (exact) mass is 266 g/mol. The van der Waals surface area contributed by atoms with Crippen molar-refractivity contribution >= 4 is 11.6 Å². The Morgan fingerprint density at radius 2 is 1.90 bits per heavy atom. The molecule has 0 saturated carbocycles. The quantitative estimate of drug-likeness (QED) is 0.848. The zero-order valence-corrected chi connectivity index (χ0v) is 11.4. The van der Waals surface area contributed by atoms with Crippen LogP contribution in [0.1, 0.15) is 16.7 Å². The van der Waals surface area contributed by atoms with E-state index in [4.69, 9.17) is 5.73 Å². The Labute approximate surface area is 119 Å². The lowest BCUT2D eigenvalue weighted by Gasteiger charge is -2.29. The predicted molar refractivity (Wildman–Crippen MR) is 80.1 cm³/mol. The van der Waals surface area contributed by atoms with E-state index >= 15 is 0 Å². The average Bonchev–Trinajstić information content (AvgIpc) is 2.47. The third kappa shape index (κ3) is 2.67. The Morgan fingerprint density at radius 1 is 1.10 bits per heavy atom. The van der Waals surface area contributed by atoms with Crippen LogP contribution in [0.3, 0.4) is 0 Å². The molecule has 20 heavy (non-hydrogen) atoms. The van der Waals surface area contributed by atoms with E-state index in [1.54, 1.807) is 0 Å². The van der Waals surface area contributed by atoms with Gasteiger partial charge >= 0.3 is 0 Å². The minimum atomic E-state index is 0.185. The van der Waals surface area contributed by atoms with Crippen LogP contribution >= 0.6 is 0 Å². The molecule has 0 unspecified atom stereocenters. The molecule has 1 aliphatic heterocycles. The lowest BCUT2D eigenvalue weighted by molar-refractivity contribution is -0.131. The number of nitrogens with two attached hydrogens (primary N) is 1. The van der Waals surface area contributed by atoms with E-state index in [0.29, 0.717) is 13.0 Å². The van der Waals surface area contributed by atoms with Crippen LogP contribution in [0.25, 0.3) is 0 Å². The van der Waals surface area contributed by atoms with Gasteiger partial charge in [0.2, 0.25) is 5.91 Å². The van der Waals surface area contributed by atoms with Gasteiger partial charge < -0.3 is 10.6 Å². The summed E-state index contributed by atoms with van der Waals surface area (Å²) in [7, 11) is 0. The van der Waals surface area contributed by atoms with Crippen molar-refractivity contribution in [1.29, 1.82) is 0 Å². The fraction of sp³-hybridized carbons (Fsp3) is 0.235. The number of benzene rings is 2. The fourth-order valence-corrected chi connectivity index (χ4v) is 2.67. The van der Waals surface area contributed by atoms with Gasteiger partial charge in [-0.15, -0.1) is 0 Å². The molecule has 1 heterocycles. The number of nitrogen functional groups attached to an aromatic ring is 1. The molecule has 3 nitrogen and oxygen atoms in total. The number of carbonyl (C=O) groups excluding carboxylic acids is 1. The van der Waals surface area contributed by atoms with E-state index in [2.05, 4.69) is 6.07 Å². The van der Waals surface area contributed by atoms with Crippen LogP contribution in [0.4, 0.5) is 5.69 Å². The molecule has 2 N–H and O–H groups in total. The van der Waals surface area contributed by atoms with E-state index < -0.39 is 0 Å². The first-order valence-corrected chi connectivity index (χ1v) is 6.91. The smallest absolute Gasteiger partial charge is 0.227 e. The Balaban J connectivity index is 1.72. The zero-order valence-electron chi connectivity index (χ0n) is 11.4. The first-order chi connectivity index (χ1) is 9.72. The second-order valence-corrected chi connectivity index (χ2v) is 5.26. The van der Waals surface area contributed by atoms with Gasteiger partial charge in [0.05, 0.1) is 6.42 Å². The first-order valence-electron chi connectivity index (χ1n) is 6.91. The highest BCUT2D eigenvalue weighted by Gasteiger charge is 2.20. The van der Waals surface area contributed by atoms with Gasteiger partial charge in [0.15, 0.2) is 0 Å². The topological polar surface area (TPSA) is 46.3 Å². The molecule has 3 heteroatoms. The Hall–Kier alpha value is -2.29. The fourth-order valence-electron chi connectivity index (χ4n) is 2.67. The molecule has 0 fully saturated rings. The van der Waals surface area contributed by atoms with E-state index in [1.165, 1.54) is 11.1 Å². The van der Waals surface area contributed by atoms with Gasteiger partial charge in [0, 0.05) is 18.8 Å². The van der Waals surface area contributed by atoms with Crippen LogP contribution in [0.2, 0.25) is 0 Å². The van der Waals surface area contributed by atoms with Crippen molar-refractivity contribution in [2.75, 3.05) is 12.3 Å². The van der Waals surface area contributed by atoms with Crippen LogP contribution in [-0.4, -0.2) is 17.4 Å². The molecule has 1 aliphatic rings. The summed E-state index contributed by atoms with van der Waals surface area (Å²) in [6, 6.07) is 15.9. The average molecular weight is 266 g/mol. The third-order valence-electron chi connectivity index (χ3n) is 3.79. The number of hydrogen-bond acceptors (Lipinski definition) is 2. The summed E-state index contributed by atoms with van der Waals surface area (Å²) in [6.45, 7) is 1.47. The summed E-state index contributed by atoms with van der Waals surface area (Å²) < 4.78 is 0. The van der Waals surface area contributed by atoms with Crippen LogP contribution in [0, 0.1) is 0 Å². The minimum Gasteiger partial charge on any atom is -0.399 e. The van der Waals surface area contributed by atoms with Crippen molar-refractivity contribution in [3.05, 3.63) is 65.2 Å². The minimum absolute atomic E-state index is 0.185. The highest BCUT2D eigenvalue weighted by atomic mass is 16.2. The van der Waals surface area contributed by atoms with Crippen molar-refractivity contribution in [3.63, 3.8) is 0 Å². The van der Waals surface area contributed by atoms with E-state index in [1.807, 2.05) is 47.4 Å². The van der Waals surface area contributed by atoms with Gasteiger partial charge in [0.1, 0.15) is 0 Å². The summed E-state index contributed by atoms with van der Waals surface area (Å²) in [5.74, 6) is 0.185. The molecule has 0 radical (unpaired) electrons. The number of amides is 1. The first kappa shape index (κ1) is 12.7. The molecule has 2 aromatic carbocycles. The molecule has 1 amide bonds. The third-order valence-corrected chi connectivity index (χ3v) is 3.79. The normalized spacial score (nSPS) is 13.9. The molecule has 0 bridgehead atoms. The largest absolute Gasteiger partial charge is 0.399 e. The standard InChI is InChI=1S/C17H18N2O/c18-16-7-6-14-8-9-19(12-15(14)11-16)17(20)10-13-4-2-1-3-5-13/h1-7,11H,8-10,12,18H2. The maximum Gasteiger partial charge on any atom is 0.227 e. The van der Waals surface area contributed by atoms with Crippen molar-refractivity contribution in [1.82, 2.24) is 4.90 Å². The Bertz CT molecular complexity index is 622. The molecular formula is C17H18N2O. The van der Waals surface area contributed by atoms with Gasteiger partial charge in [-0.25, -0.2) is 0 Å². The summed E-state index contributed by atoms with van der Waals surface area (Å²) >= 11 is 0. The van der Waals surface area contributed by atoms with Gasteiger partial charge in [-0.3, -0.25) is 4.79 Å². The molecule has 0 aromatic heterocycles. The predicted octanol–water partition coefficient (Wildman–Crippen LogP) is 2.40. The van der Waals surface area contributed by atoms with Crippen molar-refractivity contribution in [3.8, 4) is 0 Å². The SMILES string of the molecule is Nc1ccc2c(c1)CN(C(=O)Cc1ccccc1)CC2. The van der Waals surface area contributed by atoms with E-state index in [-0.39, 0.29) is 5.91 Å². The highest BCUT2D eigenvalue weighted by Crippen LogP contribution is 2.21. The second-order valence-electron chi connectivity index (χ2n) is 5.26. The lowest BCUT2D eigenvalue weighted by Crippen LogP contribution is -2.36. The summed E-state index contributed by atoms with van der Waals surface area (Å²) in [4.78, 5) is 14.3. The van der Waals surface area contributed by atoms with Gasteiger partial charge in [-0.2, -0.15) is 0 Å². The molecule has 0 spiro atoms.